The Balaban J connectivity index is 1.40. The van der Waals surface area contributed by atoms with Crippen molar-refractivity contribution in [2.45, 2.75) is 39.0 Å². The van der Waals surface area contributed by atoms with Crippen LogP contribution in [0.15, 0.2) is 65.7 Å². The maximum atomic E-state index is 12.2. The lowest BCUT2D eigenvalue weighted by atomic mass is 9.84. The van der Waals surface area contributed by atoms with E-state index in [1.54, 1.807) is 18.5 Å². The molecule has 1 N–H and O–H groups in total. The Morgan fingerprint density at radius 1 is 1.06 bits per heavy atom. The van der Waals surface area contributed by atoms with E-state index in [-0.39, 0.29) is 17.0 Å². The molecule has 0 bridgehead atoms. The first-order chi connectivity index (χ1) is 15.4. The van der Waals surface area contributed by atoms with Crippen LogP contribution in [0, 0.1) is 0 Å². The van der Waals surface area contributed by atoms with Gasteiger partial charge in [0.2, 0.25) is 0 Å². The second-order valence-electron chi connectivity index (χ2n) is 9.21. The Kier molecular flexibility index (Phi) is 4.93. The molecule has 6 heteroatoms. The lowest BCUT2D eigenvalue weighted by Gasteiger charge is -2.33. The van der Waals surface area contributed by atoms with E-state index in [0.717, 1.165) is 25.1 Å². The monoisotopic (exact) mass is 426 g/mol. The van der Waals surface area contributed by atoms with E-state index in [1.807, 2.05) is 24.3 Å². The van der Waals surface area contributed by atoms with Crippen LogP contribution in [0.3, 0.4) is 0 Å². The van der Waals surface area contributed by atoms with Crippen molar-refractivity contribution in [1.29, 1.82) is 0 Å². The minimum atomic E-state index is -0.247. The van der Waals surface area contributed by atoms with E-state index >= 15 is 0 Å². The van der Waals surface area contributed by atoms with Gasteiger partial charge in [0.1, 0.15) is 5.75 Å². The van der Waals surface area contributed by atoms with E-state index in [0.29, 0.717) is 16.7 Å². The molecule has 0 fully saturated rings. The first-order valence-electron chi connectivity index (χ1n) is 10.9. The van der Waals surface area contributed by atoms with Crippen LogP contribution >= 0.6 is 0 Å². The predicted octanol–water partition coefficient (Wildman–Crippen LogP) is 5.49. The average molecular weight is 427 g/mol. The lowest BCUT2D eigenvalue weighted by molar-refractivity contribution is 0.442. The highest BCUT2D eigenvalue weighted by Crippen LogP contribution is 2.37. The number of hydrogen-bond donors (Lipinski definition) is 1. The van der Waals surface area contributed by atoms with Crippen molar-refractivity contribution in [3.8, 4) is 11.8 Å². The summed E-state index contributed by atoms with van der Waals surface area (Å²) in [6, 6.07) is 16.5. The highest BCUT2D eigenvalue weighted by Gasteiger charge is 2.21. The summed E-state index contributed by atoms with van der Waals surface area (Å²) in [6.07, 6.45) is 5.35. The van der Waals surface area contributed by atoms with Crippen molar-refractivity contribution in [1.82, 2.24) is 15.0 Å². The Bertz CT molecular complexity index is 1340. The van der Waals surface area contributed by atoms with Crippen LogP contribution in [0.25, 0.3) is 10.9 Å². The van der Waals surface area contributed by atoms with E-state index in [9.17, 15) is 4.79 Å². The van der Waals surface area contributed by atoms with Crippen LogP contribution in [-0.4, -0.2) is 21.5 Å². The van der Waals surface area contributed by atoms with E-state index in [1.165, 1.54) is 16.8 Å². The number of nitrogens with zero attached hydrogens (tertiary/aromatic N) is 3. The average Bonchev–Trinajstić information content (AvgIpc) is 2.78. The van der Waals surface area contributed by atoms with Gasteiger partial charge in [-0.2, -0.15) is 4.98 Å². The van der Waals surface area contributed by atoms with Crippen molar-refractivity contribution in [2.75, 3.05) is 11.4 Å². The van der Waals surface area contributed by atoms with Crippen LogP contribution in [0.1, 0.15) is 38.3 Å². The summed E-state index contributed by atoms with van der Waals surface area (Å²) in [6.45, 7) is 7.74. The van der Waals surface area contributed by atoms with Gasteiger partial charge in [-0.1, -0.05) is 32.9 Å². The lowest BCUT2D eigenvalue weighted by Crippen LogP contribution is -2.25. The van der Waals surface area contributed by atoms with E-state index in [2.05, 4.69) is 58.8 Å². The van der Waals surface area contributed by atoms with Crippen molar-refractivity contribution >= 4 is 22.3 Å². The third-order valence-corrected chi connectivity index (χ3v) is 5.91. The van der Waals surface area contributed by atoms with Gasteiger partial charge in [-0.15, -0.1) is 0 Å². The quantitative estimate of drug-likeness (QED) is 0.469. The molecule has 0 unspecified atom stereocenters. The molecule has 2 aromatic heterocycles. The number of anilines is 2. The zero-order valence-electron chi connectivity index (χ0n) is 18.6. The van der Waals surface area contributed by atoms with Gasteiger partial charge in [0.05, 0.1) is 17.1 Å². The molecule has 4 aromatic rings. The maximum absolute atomic E-state index is 12.2. The van der Waals surface area contributed by atoms with Gasteiger partial charge < -0.3 is 9.64 Å². The minimum Gasteiger partial charge on any atom is -0.426 e. The Labute approximate surface area is 186 Å². The number of ether oxygens (including phenoxy) is 1. The number of H-pyrrole nitrogens is 1. The van der Waals surface area contributed by atoms with Crippen LogP contribution in [-0.2, 0) is 11.8 Å². The number of hydrogen-bond acceptors (Lipinski definition) is 5. The number of rotatable bonds is 3. The number of aromatic amines is 1. The minimum absolute atomic E-state index is 0.143. The molecule has 1 aliphatic heterocycles. The summed E-state index contributed by atoms with van der Waals surface area (Å²) < 4.78 is 5.82. The van der Waals surface area contributed by atoms with Gasteiger partial charge in [-0.3, -0.25) is 14.8 Å². The van der Waals surface area contributed by atoms with Gasteiger partial charge in [0.25, 0.3) is 5.56 Å². The molecule has 1 aliphatic rings. The fourth-order valence-corrected chi connectivity index (χ4v) is 4.15. The van der Waals surface area contributed by atoms with E-state index < -0.39 is 0 Å². The zero-order chi connectivity index (χ0) is 22.3. The molecule has 0 aliphatic carbocycles. The summed E-state index contributed by atoms with van der Waals surface area (Å²) in [7, 11) is 0. The SMILES string of the molecule is CC(C)(C)c1ccc2c(c1)CCCN2c1ccc(Oc2nc3cnccc3c(=O)[nH]2)cc1. The first kappa shape index (κ1) is 20.2. The topological polar surface area (TPSA) is 71.1 Å². The maximum Gasteiger partial charge on any atom is 0.302 e. The standard InChI is InChI=1S/C26H26N4O2/c1-26(2,3)18-6-11-23-17(15-18)5-4-14-30(23)19-7-9-20(10-8-19)32-25-28-22-16-27-13-12-21(22)24(31)29-25/h6-13,15-16H,4-5,14H2,1-3H3,(H,28,29,31). The summed E-state index contributed by atoms with van der Waals surface area (Å²) in [5, 5.41) is 0.487. The molecule has 0 saturated carbocycles. The largest absolute Gasteiger partial charge is 0.426 e. The molecule has 0 radical (unpaired) electrons. The molecule has 162 valence electrons. The van der Waals surface area contributed by atoms with Gasteiger partial charge >= 0.3 is 6.01 Å². The van der Waals surface area contributed by atoms with Gasteiger partial charge in [0, 0.05) is 24.1 Å². The van der Waals surface area contributed by atoms with Gasteiger partial charge in [-0.05, 0) is 65.8 Å². The summed E-state index contributed by atoms with van der Waals surface area (Å²) in [5.74, 6) is 0.612. The van der Waals surface area contributed by atoms with Crippen molar-refractivity contribution < 1.29 is 4.74 Å². The first-order valence-corrected chi connectivity index (χ1v) is 10.9. The Hall–Kier alpha value is -3.67. The van der Waals surface area contributed by atoms with Crippen LogP contribution in [0.5, 0.6) is 11.8 Å². The molecule has 2 aromatic carbocycles. The van der Waals surface area contributed by atoms with Crippen LogP contribution in [0.2, 0.25) is 0 Å². The molecule has 5 rings (SSSR count). The molecule has 0 saturated heterocycles. The van der Waals surface area contributed by atoms with Crippen LogP contribution < -0.4 is 15.2 Å². The molecule has 32 heavy (non-hydrogen) atoms. The third kappa shape index (κ3) is 3.84. The van der Waals surface area contributed by atoms with Crippen molar-refractivity contribution in [2.24, 2.45) is 0 Å². The zero-order valence-corrected chi connectivity index (χ0v) is 18.6. The Morgan fingerprint density at radius 2 is 1.88 bits per heavy atom. The summed E-state index contributed by atoms with van der Waals surface area (Å²) in [5.41, 5.74) is 5.55. The van der Waals surface area contributed by atoms with Gasteiger partial charge in [-0.25, -0.2) is 0 Å². The fraction of sp³-hybridized carbons (Fsp3) is 0.269. The Morgan fingerprint density at radius 3 is 2.66 bits per heavy atom. The molecule has 3 heterocycles. The van der Waals surface area contributed by atoms with E-state index in [4.69, 9.17) is 4.74 Å². The molecule has 0 atom stereocenters. The molecule has 0 amide bonds. The second kappa shape index (κ2) is 7.79. The second-order valence-corrected chi connectivity index (χ2v) is 9.21. The van der Waals surface area contributed by atoms with Crippen LogP contribution in [0.4, 0.5) is 11.4 Å². The number of aryl methyl sites for hydroxylation is 1. The number of aromatic nitrogens is 3. The number of nitrogens with one attached hydrogen (secondary N) is 1. The molecular weight excluding hydrogens is 400 g/mol. The highest BCUT2D eigenvalue weighted by molar-refractivity contribution is 5.76. The number of pyridine rings is 1. The molecular formula is C26H26N4O2. The highest BCUT2D eigenvalue weighted by atomic mass is 16.5. The predicted molar refractivity (Wildman–Crippen MR) is 127 cm³/mol. The third-order valence-electron chi connectivity index (χ3n) is 5.91. The van der Waals surface area contributed by atoms with Crippen molar-refractivity contribution in [3.05, 3.63) is 82.4 Å². The normalized spacial score (nSPS) is 13.8. The summed E-state index contributed by atoms with van der Waals surface area (Å²) in [4.78, 5) is 25.7. The number of fused-ring (bicyclic) bond motifs is 2. The van der Waals surface area contributed by atoms with Gasteiger partial charge in [0.15, 0.2) is 0 Å². The molecule has 0 spiro atoms. The summed E-state index contributed by atoms with van der Waals surface area (Å²) >= 11 is 0. The number of benzene rings is 2. The molecule has 6 nitrogen and oxygen atoms in total. The fourth-order valence-electron chi connectivity index (χ4n) is 4.15. The van der Waals surface area contributed by atoms with Crippen molar-refractivity contribution in [3.63, 3.8) is 0 Å². The smallest absolute Gasteiger partial charge is 0.302 e.